The number of hydrogen-bond donors (Lipinski definition) is 0. The van der Waals surface area contributed by atoms with E-state index in [-0.39, 0.29) is 0 Å². The van der Waals surface area contributed by atoms with Gasteiger partial charge >= 0.3 is 0 Å². The van der Waals surface area contributed by atoms with Crippen molar-refractivity contribution < 1.29 is 0 Å². The molecule has 0 bridgehead atoms. The Morgan fingerprint density at radius 3 is 1.02 bits per heavy atom. The van der Waals surface area contributed by atoms with Crippen LogP contribution in [0.2, 0.25) is 0 Å². The van der Waals surface area contributed by atoms with Crippen molar-refractivity contribution in [1.82, 2.24) is 49.8 Å². The van der Waals surface area contributed by atoms with Crippen molar-refractivity contribution in [3.05, 3.63) is 470 Å². The van der Waals surface area contributed by atoms with Gasteiger partial charge in [0.1, 0.15) is 11.6 Å². The zero-order chi connectivity index (χ0) is 91.2. The van der Waals surface area contributed by atoms with E-state index in [2.05, 4.69) is 286 Å². The van der Waals surface area contributed by atoms with Crippen LogP contribution in [-0.2, 0) is 77.0 Å². The van der Waals surface area contributed by atoms with Crippen LogP contribution in [0.15, 0.2) is 336 Å². The summed E-state index contributed by atoms with van der Waals surface area (Å²) >= 11 is 5.63. The monoisotopic (exact) mass is 1850 g/mol. The van der Waals surface area contributed by atoms with Gasteiger partial charge in [0.05, 0.1) is 110 Å². The SMILES string of the molecule is c1ccc2c(c1)Cc1ccc3c(c1-2)Cc1ccnc2c1N3c1cnccc1C2.c1ccc2c(c1)Cc1ccc3c(c1-2)Cc1cncc2c1N3c1cnccc1C2.c1ccc2c(c1)sc1ccc3c(c12)Cc1nccc2c1N3c1cnccc1C2.c1cnc2c(c1)Cc1cncc3c1N2c1ccc2sc4ccccc4c2c1C3.c1cnc2c(c1)Cc1nccc3c1N2c1ccc2sc4ccccc4c2c1C3. The molecule has 0 saturated carbocycles. The largest absolute Gasteiger partial charge is 0.308 e. The molecule has 18 heteroatoms. The van der Waals surface area contributed by atoms with E-state index in [1.165, 1.54) is 285 Å². The summed E-state index contributed by atoms with van der Waals surface area (Å²) in [4.78, 5) is 58.2. The van der Waals surface area contributed by atoms with Gasteiger partial charge in [-0.2, -0.15) is 0 Å². The fourth-order valence-corrected chi connectivity index (χ4v) is 28.5. The summed E-state index contributed by atoms with van der Waals surface area (Å²) in [6.45, 7) is 0. The number of rotatable bonds is 0. The molecule has 0 radical (unpaired) electrons. The van der Waals surface area contributed by atoms with Crippen LogP contribution in [0.25, 0.3) is 82.8 Å². The number of hydrogen-bond acceptors (Lipinski definition) is 18. The van der Waals surface area contributed by atoms with Gasteiger partial charge < -0.3 is 14.7 Å². The van der Waals surface area contributed by atoms with Crippen molar-refractivity contribution in [3.8, 4) is 22.3 Å². The molecule has 0 spiro atoms. The normalized spacial score (nSPS) is 14.3. The first kappa shape index (κ1) is 78.5. The molecule has 12 aliphatic rings. The lowest BCUT2D eigenvalue weighted by atomic mass is 9.85. The van der Waals surface area contributed by atoms with Gasteiger partial charge in [-0.1, -0.05) is 127 Å². The van der Waals surface area contributed by atoms with Crippen molar-refractivity contribution in [2.24, 2.45) is 0 Å². The Kier molecular flexibility index (Phi) is 17.1. The molecular weight excluding hydrogens is 1770 g/mol. The van der Waals surface area contributed by atoms with Gasteiger partial charge in [-0.15, -0.1) is 34.0 Å². The van der Waals surface area contributed by atoms with Gasteiger partial charge in [0.25, 0.3) is 0 Å². The quantitative estimate of drug-likeness (QED) is 0.142. The first-order valence-corrected chi connectivity index (χ1v) is 50.6. The molecule has 660 valence electrons. The van der Waals surface area contributed by atoms with Crippen LogP contribution in [0.3, 0.4) is 0 Å². The summed E-state index contributed by atoms with van der Waals surface area (Å²) in [5.74, 6) is 2.10. The van der Waals surface area contributed by atoms with Crippen LogP contribution in [-0.4, -0.2) is 49.8 Å². The lowest BCUT2D eigenvalue weighted by molar-refractivity contribution is 0.942. The Balaban J connectivity index is 0.0000000806. The van der Waals surface area contributed by atoms with E-state index in [9.17, 15) is 0 Å². The van der Waals surface area contributed by atoms with E-state index in [1.807, 2.05) is 133 Å². The first-order chi connectivity index (χ1) is 69.4. The van der Waals surface area contributed by atoms with Gasteiger partial charge in [-0.05, 0) is 262 Å². The smallest absolute Gasteiger partial charge is 0.141 e. The molecule has 0 fully saturated rings. The summed E-state index contributed by atoms with van der Waals surface area (Å²) in [6, 6.07) is 88.2. The van der Waals surface area contributed by atoms with Crippen LogP contribution >= 0.6 is 34.0 Å². The Morgan fingerprint density at radius 2 is 0.514 bits per heavy atom. The number of anilines is 15. The molecule has 2 aliphatic carbocycles. The predicted molar refractivity (Wildman–Crippen MR) is 567 cm³/mol. The van der Waals surface area contributed by atoms with Crippen LogP contribution < -0.4 is 24.5 Å². The molecule has 0 N–H and O–H groups in total. The minimum absolute atomic E-state index is 0.849. The van der Waals surface area contributed by atoms with Crippen LogP contribution in [0.5, 0.6) is 0 Å². The van der Waals surface area contributed by atoms with Crippen LogP contribution in [0.4, 0.5) is 85.6 Å². The Hall–Kier alpha value is -16.6. The molecule has 10 aromatic carbocycles. The van der Waals surface area contributed by atoms with E-state index in [0.717, 1.165) is 94.4 Å². The summed E-state index contributed by atoms with van der Waals surface area (Å²) in [7, 11) is 0. The van der Waals surface area contributed by atoms with Crippen molar-refractivity contribution in [2.45, 2.75) is 77.0 Å². The Labute approximate surface area is 817 Å². The molecule has 0 amide bonds. The number of thiophene rings is 3. The third-order valence-electron chi connectivity index (χ3n) is 30.9. The third kappa shape index (κ3) is 11.7. The van der Waals surface area contributed by atoms with E-state index in [1.54, 1.807) is 0 Å². The maximum atomic E-state index is 4.80. The molecule has 35 rings (SSSR count). The minimum atomic E-state index is 0.849. The maximum absolute atomic E-state index is 4.80. The second-order valence-corrected chi connectivity index (χ2v) is 41.6. The average molecular weight is 1850 g/mol. The van der Waals surface area contributed by atoms with Crippen LogP contribution in [0.1, 0.15) is 134 Å². The number of fused-ring (bicyclic) bond motifs is 40. The topological polar surface area (TPSA) is 145 Å². The fourth-order valence-electron chi connectivity index (χ4n) is 25.1. The lowest BCUT2D eigenvalue weighted by Gasteiger charge is -2.39. The number of pyridine rings is 10. The van der Waals surface area contributed by atoms with Gasteiger partial charge in [0.15, 0.2) is 0 Å². The van der Waals surface area contributed by atoms with Gasteiger partial charge in [0.2, 0.25) is 0 Å². The maximum Gasteiger partial charge on any atom is 0.141 e. The summed E-state index contributed by atoms with van der Waals surface area (Å²) in [6.07, 6.45) is 40.7. The van der Waals surface area contributed by atoms with Gasteiger partial charge in [-0.3, -0.25) is 49.7 Å². The minimum Gasteiger partial charge on any atom is -0.308 e. The summed E-state index contributed by atoms with van der Waals surface area (Å²) < 4.78 is 8.11. The first-order valence-electron chi connectivity index (χ1n) is 48.2. The zero-order valence-corrected chi connectivity index (χ0v) is 78.1. The highest BCUT2D eigenvalue weighted by atomic mass is 32.1. The number of aromatic nitrogens is 10. The molecule has 23 heterocycles. The van der Waals surface area contributed by atoms with E-state index in [4.69, 9.17) is 24.9 Å². The second-order valence-electron chi connectivity index (χ2n) is 38.3. The molecule has 13 aromatic heterocycles. The highest BCUT2D eigenvalue weighted by molar-refractivity contribution is 7.26. The summed E-state index contributed by atoms with van der Waals surface area (Å²) in [5.41, 5.74) is 53.9. The molecule has 0 atom stereocenters. The fraction of sp³-hybridized carbons (Fsp3) is 0.0984. The molecule has 23 aromatic rings. The van der Waals surface area contributed by atoms with Crippen molar-refractivity contribution in [2.75, 3.05) is 24.5 Å². The summed E-state index contributed by atoms with van der Waals surface area (Å²) in [5, 5.41) is 8.22. The van der Waals surface area contributed by atoms with Crippen molar-refractivity contribution >= 4 is 180 Å². The molecule has 140 heavy (non-hydrogen) atoms. The molecule has 0 unspecified atom stereocenters. The Morgan fingerprint density at radius 1 is 0.186 bits per heavy atom. The molecule has 0 saturated heterocycles. The van der Waals surface area contributed by atoms with Gasteiger partial charge in [-0.25, -0.2) is 9.97 Å². The number of benzene rings is 10. The Bertz CT molecular complexity index is 8670. The van der Waals surface area contributed by atoms with Crippen molar-refractivity contribution in [1.29, 1.82) is 0 Å². The molecular formula is C122H79N15S3. The average Bonchev–Trinajstić information content (AvgIpc) is 1.67. The zero-order valence-electron chi connectivity index (χ0n) is 75.7. The van der Waals surface area contributed by atoms with E-state index < -0.39 is 0 Å². The second kappa shape index (κ2) is 30.4. The molecule has 10 aliphatic heterocycles. The van der Waals surface area contributed by atoms with Crippen molar-refractivity contribution in [3.63, 3.8) is 0 Å². The lowest BCUT2D eigenvalue weighted by Crippen LogP contribution is -2.26. The third-order valence-corrected chi connectivity index (χ3v) is 34.3. The van der Waals surface area contributed by atoms with Gasteiger partial charge in [0, 0.05) is 205 Å². The number of nitrogens with zero attached hydrogens (tertiary/aromatic N) is 15. The van der Waals surface area contributed by atoms with E-state index in [0.29, 0.717) is 0 Å². The van der Waals surface area contributed by atoms with E-state index >= 15 is 0 Å². The highest BCUT2D eigenvalue weighted by Gasteiger charge is 2.42. The van der Waals surface area contributed by atoms with Crippen LogP contribution in [0, 0.1) is 0 Å². The highest BCUT2D eigenvalue weighted by Crippen LogP contribution is 2.61. The predicted octanol–water partition coefficient (Wildman–Crippen LogP) is 29.0. The standard InChI is InChI=1S/2C25H17N3.3C24H15N3S/c1-2-4-19-15(3-1)11-17-5-6-22-20(24(17)19)12-18-8-10-27-21-13-16-7-9-26-14-23(16)28(22)25(18)21;1-2-4-20-15(3-1)9-17-5-6-22-21(24(17)20)11-19-13-27-12-18-10-16-7-8-26-14-23(16)28(22)25(18)19;1-2-6-20-16(5-1)22-17-12-14-9-11-25-18-13-15-4-3-10-26-24(15)27(23(14)18)19(17)7-8-21(22)28-20;1-2-6-20-17(5-1)22-18-11-16-13-25-12-15-10-14-4-3-9-26-24(14)27(23(15)16)19(18)7-8-21(22)28-20;1-2-4-21-16(3-1)23-17-12-18-24-15(8-10-26-18)11-14-7-9-25-13-20(14)27(24)19(17)5-6-22(23)28-21/h1-10,14H,11-13H2;1-8,12-14H,9-11H2;1-11H,12-13H2;1-9,12-13H,10-11H2;1-10,13H,11-12H2. The molecule has 15 nitrogen and oxygen atoms in total.